The van der Waals surface area contributed by atoms with Crippen molar-refractivity contribution in [3.8, 4) is 0 Å². The largest absolute Gasteiger partial charge is 0.322 e. The van der Waals surface area contributed by atoms with Gasteiger partial charge in [-0.3, -0.25) is 14.3 Å². The fraction of sp³-hybridized carbons (Fsp3) is 0.286. The van der Waals surface area contributed by atoms with Crippen LogP contribution in [0.15, 0.2) is 71.6 Å². The molecule has 0 spiro atoms. The fourth-order valence-corrected chi connectivity index (χ4v) is 5.29. The molecule has 0 fully saturated rings. The van der Waals surface area contributed by atoms with Crippen molar-refractivity contribution in [2.75, 3.05) is 21.5 Å². The number of anilines is 3. The third kappa shape index (κ3) is 5.44. The third-order valence-corrected chi connectivity index (χ3v) is 7.63. The highest BCUT2D eigenvalue weighted by Crippen LogP contribution is 2.31. The number of carbonyl (C=O) groups excluding carboxylic acids is 2. The van der Waals surface area contributed by atoms with Gasteiger partial charge in [0.05, 0.1) is 10.6 Å². The van der Waals surface area contributed by atoms with Crippen LogP contribution in [0.25, 0.3) is 0 Å². The molecule has 0 aromatic heterocycles. The van der Waals surface area contributed by atoms with E-state index in [2.05, 4.69) is 30.8 Å². The van der Waals surface area contributed by atoms with E-state index < -0.39 is 10.0 Å². The molecule has 0 atom stereocenters. The molecule has 1 heterocycles. The maximum Gasteiger partial charge on any atom is 0.261 e. The van der Waals surface area contributed by atoms with Crippen LogP contribution in [0, 0.1) is 0 Å². The summed E-state index contributed by atoms with van der Waals surface area (Å²) in [6.07, 6.45) is 1.01. The Balaban J connectivity index is 1.48. The van der Waals surface area contributed by atoms with E-state index in [1.165, 1.54) is 6.07 Å². The molecular formula is C28H31N3O4S. The fourth-order valence-electron chi connectivity index (χ4n) is 4.19. The van der Waals surface area contributed by atoms with Crippen molar-refractivity contribution in [3.05, 3.63) is 83.4 Å². The first kappa shape index (κ1) is 25.4. The minimum absolute atomic E-state index is 0.00829. The molecule has 1 aliphatic heterocycles. The van der Waals surface area contributed by atoms with Crippen molar-refractivity contribution in [3.63, 3.8) is 0 Å². The Morgan fingerprint density at radius 3 is 2.31 bits per heavy atom. The topological polar surface area (TPSA) is 95.6 Å². The molecule has 36 heavy (non-hydrogen) atoms. The van der Waals surface area contributed by atoms with Crippen LogP contribution in [0.3, 0.4) is 0 Å². The highest BCUT2D eigenvalue weighted by Gasteiger charge is 2.26. The van der Waals surface area contributed by atoms with E-state index in [-0.39, 0.29) is 22.1 Å². The van der Waals surface area contributed by atoms with Gasteiger partial charge < -0.3 is 10.2 Å². The molecule has 0 saturated heterocycles. The number of nitrogens with one attached hydrogen (secondary N) is 2. The Morgan fingerprint density at radius 1 is 0.944 bits per heavy atom. The van der Waals surface area contributed by atoms with Crippen LogP contribution in [0.1, 0.15) is 55.6 Å². The molecule has 3 aromatic carbocycles. The van der Waals surface area contributed by atoms with Crippen LogP contribution in [0.4, 0.5) is 17.1 Å². The summed E-state index contributed by atoms with van der Waals surface area (Å²) >= 11 is 0. The number of carbonyl (C=O) groups is 2. The van der Waals surface area contributed by atoms with Gasteiger partial charge in [-0.15, -0.1) is 0 Å². The number of nitrogens with zero attached hydrogens (tertiary/aromatic N) is 1. The zero-order chi connectivity index (χ0) is 26.1. The zero-order valence-electron chi connectivity index (χ0n) is 21.0. The predicted molar refractivity (Wildman–Crippen MR) is 143 cm³/mol. The Kier molecular flexibility index (Phi) is 6.91. The van der Waals surface area contributed by atoms with E-state index >= 15 is 0 Å². The third-order valence-electron chi connectivity index (χ3n) is 6.25. The molecular weight excluding hydrogens is 474 g/mol. The lowest BCUT2D eigenvalue weighted by atomic mass is 9.87. The van der Waals surface area contributed by atoms with Gasteiger partial charge in [0.1, 0.15) is 0 Å². The van der Waals surface area contributed by atoms with Crippen molar-refractivity contribution in [2.45, 2.75) is 50.8 Å². The monoisotopic (exact) mass is 505 g/mol. The van der Waals surface area contributed by atoms with Crippen molar-refractivity contribution >= 4 is 38.9 Å². The maximum absolute atomic E-state index is 13.1. The molecule has 1 aliphatic rings. The van der Waals surface area contributed by atoms with Gasteiger partial charge in [-0.25, -0.2) is 8.42 Å². The lowest BCUT2D eigenvalue weighted by molar-refractivity contribution is -0.118. The minimum atomic E-state index is -3.86. The predicted octanol–water partition coefficient (Wildman–Crippen LogP) is 5.34. The van der Waals surface area contributed by atoms with Crippen LogP contribution in [-0.4, -0.2) is 26.8 Å². The molecule has 2 amide bonds. The van der Waals surface area contributed by atoms with Crippen molar-refractivity contribution < 1.29 is 18.0 Å². The molecule has 8 heteroatoms. The first-order valence-electron chi connectivity index (χ1n) is 12.0. The Hall–Kier alpha value is -3.65. The van der Waals surface area contributed by atoms with Crippen LogP contribution in [0.2, 0.25) is 0 Å². The first-order chi connectivity index (χ1) is 17.0. The summed E-state index contributed by atoms with van der Waals surface area (Å²) in [5, 5.41) is 2.83. The van der Waals surface area contributed by atoms with Gasteiger partial charge in [-0.2, -0.15) is 0 Å². The quantitative estimate of drug-likeness (QED) is 0.473. The molecule has 4 rings (SSSR count). The Bertz CT molecular complexity index is 1410. The van der Waals surface area contributed by atoms with Crippen molar-refractivity contribution in [1.29, 1.82) is 0 Å². The van der Waals surface area contributed by atoms with Gasteiger partial charge in [0.15, 0.2) is 0 Å². The van der Waals surface area contributed by atoms with E-state index in [4.69, 9.17) is 0 Å². The molecule has 0 aliphatic carbocycles. The van der Waals surface area contributed by atoms with Crippen LogP contribution in [0.5, 0.6) is 0 Å². The minimum Gasteiger partial charge on any atom is -0.322 e. The van der Waals surface area contributed by atoms with E-state index in [0.717, 1.165) is 16.8 Å². The van der Waals surface area contributed by atoms with Crippen LogP contribution >= 0.6 is 0 Å². The number of rotatable bonds is 6. The highest BCUT2D eigenvalue weighted by atomic mass is 32.2. The van der Waals surface area contributed by atoms with Crippen LogP contribution in [-0.2, 0) is 26.7 Å². The van der Waals surface area contributed by atoms with E-state index in [1.54, 1.807) is 53.4 Å². The van der Waals surface area contributed by atoms with Crippen molar-refractivity contribution in [2.24, 2.45) is 0 Å². The van der Waals surface area contributed by atoms with Gasteiger partial charge in [-0.1, -0.05) is 45.9 Å². The molecule has 0 radical (unpaired) electrons. The normalized spacial score (nSPS) is 13.3. The summed E-state index contributed by atoms with van der Waals surface area (Å²) < 4.78 is 28.7. The molecule has 0 saturated carbocycles. The number of amides is 2. The summed E-state index contributed by atoms with van der Waals surface area (Å²) in [6, 6.07) is 18.8. The first-order valence-corrected chi connectivity index (χ1v) is 13.4. The number of hydrogen-bond acceptors (Lipinski definition) is 4. The summed E-state index contributed by atoms with van der Waals surface area (Å²) in [7, 11) is -3.86. The van der Waals surface area contributed by atoms with Gasteiger partial charge in [0, 0.05) is 29.9 Å². The lowest BCUT2D eigenvalue weighted by Crippen LogP contribution is -2.27. The number of sulfonamides is 1. The van der Waals surface area contributed by atoms with Gasteiger partial charge >= 0.3 is 0 Å². The SMILES string of the molecule is CCC(=O)N1CCc2cc(S(=O)(=O)Nc3cccc(NC(=O)c4ccc(C(C)(C)C)cc4)c3)ccc21. The summed E-state index contributed by atoms with van der Waals surface area (Å²) in [5.74, 6) is -0.258. The second-order valence-corrected chi connectivity index (χ2v) is 11.6. The molecule has 3 aromatic rings. The lowest BCUT2D eigenvalue weighted by Gasteiger charge is -2.19. The average Bonchev–Trinajstić information content (AvgIpc) is 3.26. The van der Waals surface area contributed by atoms with Gasteiger partial charge in [0.25, 0.3) is 15.9 Å². The summed E-state index contributed by atoms with van der Waals surface area (Å²) in [6.45, 7) is 8.69. The number of hydrogen-bond donors (Lipinski definition) is 2. The van der Waals surface area contributed by atoms with E-state index in [1.807, 2.05) is 19.1 Å². The summed E-state index contributed by atoms with van der Waals surface area (Å²) in [5.41, 5.74) is 4.04. The molecule has 0 unspecified atom stereocenters. The standard InChI is InChI=1S/C28H31N3O4S/c1-5-26(32)31-16-15-20-17-24(13-14-25(20)31)36(34,35)30-23-8-6-7-22(18-23)29-27(33)19-9-11-21(12-10-19)28(2,3)4/h6-14,17-18,30H,5,15-16H2,1-4H3,(H,29,33). The molecule has 0 bridgehead atoms. The van der Waals surface area contributed by atoms with Gasteiger partial charge in [0.2, 0.25) is 5.91 Å². The van der Waals surface area contributed by atoms with Crippen LogP contribution < -0.4 is 14.9 Å². The molecule has 7 nitrogen and oxygen atoms in total. The smallest absolute Gasteiger partial charge is 0.261 e. The Morgan fingerprint density at radius 2 is 1.64 bits per heavy atom. The zero-order valence-corrected chi connectivity index (χ0v) is 21.8. The highest BCUT2D eigenvalue weighted by molar-refractivity contribution is 7.92. The molecule has 2 N–H and O–H groups in total. The average molecular weight is 506 g/mol. The number of benzene rings is 3. The number of fused-ring (bicyclic) bond motifs is 1. The second-order valence-electron chi connectivity index (χ2n) is 9.91. The second kappa shape index (κ2) is 9.78. The molecule has 188 valence electrons. The van der Waals surface area contributed by atoms with E-state index in [9.17, 15) is 18.0 Å². The Labute approximate surface area is 212 Å². The summed E-state index contributed by atoms with van der Waals surface area (Å²) in [4.78, 5) is 26.7. The van der Waals surface area contributed by atoms with E-state index in [0.29, 0.717) is 36.3 Å². The van der Waals surface area contributed by atoms with Crippen molar-refractivity contribution in [1.82, 2.24) is 0 Å². The van der Waals surface area contributed by atoms with Gasteiger partial charge in [-0.05, 0) is 71.5 Å². The maximum atomic E-state index is 13.1.